The first-order valence-corrected chi connectivity index (χ1v) is 12.4. The summed E-state index contributed by atoms with van der Waals surface area (Å²) in [6, 6.07) is 3.82. The lowest BCUT2D eigenvalue weighted by Gasteiger charge is -2.75. The molecule has 2 N–H and O–H groups in total. The third kappa shape index (κ3) is 2.13. The number of amides is 1. The van der Waals surface area contributed by atoms with Gasteiger partial charge in [-0.3, -0.25) is 4.79 Å². The molecule has 1 aromatic carbocycles. The zero-order valence-corrected chi connectivity index (χ0v) is 20.7. The second-order valence-electron chi connectivity index (χ2n) is 12.6. The molecular weight excluding hydrogens is 418 g/mol. The monoisotopic (exact) mass is 455 g/mol. The molecule has 6 heteroatoms. The van der Waals surface area contributed by atoms with Crippen molar-refractivity contribution in [2.45, 2.75) is 95.5 Å². The fourth-order valence-electron chi connectivity index (χ4n) is 9.01. The number of piperidine rings is 1. The first kappa shape index (κ1) is 21.7. The van der Waals surface area contributed by atoms with Crippen LogP contribution >= 0.6 is 0 Å². The Morgan fingerprint density at radius 1 is 1.21 bits per heavy atom. The highest BCUT2D eigenvalue weighted by Crippen LogP contribution is 2.77. The molecule has 1 aromatic rings. The zero-order valence-electron chi connectivity index (χ0n) is 20.7. The molecule has 0 aromatic heterocycles. The van der Waals surface area contributed by atoms with Crippen LogP contribution in [0.25, 0.3) is 0 Å². The maximum absolute atomic E-state index is 12.8. The Morgan fingerprint density at radius 2 is 1.94 bits per heavy atom. The molecule has 0 unspecified atom stereocenters. The van der Waals surface area contributed by atoms with E-state index < -0.39 is 11.2 Å². The van der Waals surface area contributed by atoms with Gasteiger partial charge in [-0.15, -0.1) is 0 Å². The SMILES string of the molecule is CO[C@@]12CC[C@]3(C[C@@H]1[C@](C)(O)C(C)(C)C)[C@H]1Cc4ccc(O)c5c4[C@]3(CCN1C(C)=O)[C@@H]2O5. The van der Waals surface area contributed by atoms with Gasteiger partial charge in [0.25, 0.3) is 0 Å². The van der Waals surface area contributed by atoms with Crippen LogP contribution < -0.4 is 4.74 Å². The van der Waals surface area contributed by atoms with Gasteiger partial charge in [0.15, 0.2) is 11.5 Å². The van der Waals surface area contributed by atoms with Crippen LogP contribution in [0.3, 0.4) is 0 Å². The summed E-state index contributed by atoms with van der Waals surface area (Å²) in [5.41, 5.74) is -0.229. The van der Waals surface area contributed by atoms with Crippen LogP contribution in [0, 0.1) is 16.7 Å². The predicted molar refractivity (Wildman–Crippen MR) is 123 cm³/mol. The average molecular weight is 456 g/mol. The van der Waals surface area contributed by atoms with E-state index in [9.17, 15) is 15.0 Å². The molecule has 6 nitrogen and oxygen atoms in total. The lowest BCUT2D eigenvalue weighted by molar-refractivity contribution is -0.310. The first-order chi connectivity index (χ1) is 15.4. The van der Waals surface area contributed by atoms with E-state index in [0.29, 0.717) is 12.3 Å². The number of phenols is 1. The molecular formula is C27H37NO5. The van der Waals surface area contributed by atoms with Crippen molar-refractivity contribution in [3.63, 3.8) is 0 Å². The van der Waals surface area contributed by atoms with Crippen LogP contribution in [0.5, 0.6) is 11.5 Å². The van der Waals surface area contributed by atoms with Gasteiger partial charge < -0.3 is 24.6 Å². The fraction of sp³-hybridized carbons (Fsp3) is 0.741. The van der Waals surface area contributed by atoms with Gasteiger partial charge in [0.1, 0.15) is 11.7 Å². The normalized spacial score (nSPS) is 41.9. The highest BCUT2D eigenvalue weighted by atomic mass is 16.6. The third-order valence-corrected chi connectivity index (χ3v) is 11.0. The number of hydrogen-bond acceptors (Lipinski definition) is 5. The van der Waals surface area contributed by atoms with Gasteiger partial charge in [-0.05, 0) is 56.1 Å². The topological polar surface area (TPSA) is 79.2 Å². The van der Waals surface area contributed by atoms with E-state index in [1.807, 2.05) is 13.0 Å². The molecule has 4 bridgehead atoms. The van der Waals surface area contributed by atoms with Crippen LogP contribution in [-0.2, 0) is 21.4 Å². The Hall–Kier alpha value is -1.79. The number of hydrogen-bond donors (Lipinski definition) is 2. The van der Waals surface area contributed by atoms with Crippen molar-refractivity contribution in [3.05, 3.63) is 23.3 Å². The summed E-state index contributed by atoms with van der Waals surface area (Å²) in [7, 11) is 1.76. The molecule has 0 radical (unpaired) electrons. The lowest BCUT2D eigenvalue weighted by Crippen LogP contribution is -2.83. The number of carbonyl (C=O) groups is 1. The summed E-state index contributed by atoms with van der Waals surface area (Å²) in [4.78, 5) is 14.9. The number of methoxy groups -OCH3 is 1. The van der Waals surface area contributed by atoms with Crippen LogP contribution in [0.4, 0.5) is 0 Å². The molecule has 6 aliphatic rings. The molecule has 2 spiro atoms. The zero-order chi connectivity index (χ0) is 23.8. The van der Waals surface area contributed by atoms with Crippen LogP contribution in [0.15, 0.2) is 12.1 Å². The largest absolute Gasteiger partial charge is 0.504 e. The van der Waals surface area contributed by atoms with Crippen LogP contribution in [0.2, 0.25) is 0 Å². The lowest BCUT2D eigenvalue weighted by atomic mass is 9.33. The first-order valence-electron chi connectivity index (χ1n) is 12.4. The fourth-order valence-corrected chi connectivity index (χ4v) is 9.01. The Bertz CT molecular complexity index is 1060. The van der Waals surface area contributed by atoms with Gasteiger partial charge in [-0.1, -0.05) is 26.8 Å². The highest BCUT2D eigenvalue weighted by molar-refractivity contribution is 5.75. The van der Waals surface area contributed by atoms with Crippen molar-refractivity contribution >= 4 is 5.91 Å². The summed E-state index contributed by atoms with van der Waals surface area (Å²) in [6.07, 6.45) is 3.76. The minimum absolute atomic E-state index is 0.0614. The average Bonchev–Trinajstić information content (AvgIpc) is 3.11. The second kappa shape index (κ2) is 6.06. The smallest absolute Gasteiger partial charge is 0.219 e. The van der Waals surface area contributed by atoms with E-state index in [1.54, 1.807) is 20.1 Å². The standard InChI is InChI=1S/C27H37NO5/c1-15(29)28-12-11-26-20-16-7-8-17(30)21(20)33-22(26)27(32-6)10-9-25(26,19(28)13-16)14-18(27)24(5,31)23(2,3)4/h7-8,18-19,22,30-31H,9-14H2,1-6H3/t18-,19-,22+,24+,25+,26-,27+/m1/s1. The summed E-state index contributed by atoms with van der Waals surface area (Å²) in [5.74, 6) is 0.755. The number of nitrogens with zero attached hydrogens (tertiary/aromatic N) is 1. The minimum Gasteiger partial charge on any atom is -0.504 e. The van der Waals surface area contributed by atoms with Gasteiger partial charge in [-0.25, -0.2) is 0 Å². The van der Waals surface area contributed by atoms with Gasteiger partial charge in [0, 0.05) is 48.9 Å². The predicted octanol–water partition coefficient (Wildman–Crippen LogP) is 3.55. The van der Waals surface area contributed by atoms with Crippen molar-refractivity contribution in [1.82, 2.24) is 4.90 Å². The van der Waals surface area contributed by atoms with Crippen LogP contribution in [-0.4, -0.2) is 58.0 Å². The summed E-state index contributed by atoms with van der Waals surface area (Å²) >= 11 is 0. The van der Waals surface area contributed by atoms with Crippen molar-refractivity contribution < 1.29 is 24.5 Å². The quantitative estimate of drug-likeness (QED) is 0.713. The van der Waals surface area contributed by atoms with E-state index in [2.05, 4.69) is 25.7 Å². The third-order valence-electron chi connectivity index (χ3n) is 11.0. The van der Waals surface area contributed by atoms with Crippen molar-refractivity contribution in [3.8, 4) is 11.5 Å². The minimum atomic E-state index is -1.01. The van der Waals surface area contributed by atoms with Gasteiger partial charge in [-0.2, -0.15) is 0 Å². The van der Waals surface area contributed by atoms with E-state index in [0.717, 1.165) is 37.7 Å². The van der Waals surface area contributed by atoms with E-state index in [4.69, 9.17) is 9.47 Å². The Labute approximate surface area is 196 Å². The number of carbonyl (C=O) groups excluding carboxylic acids is 1. The maximum atomic E-state index is 12.8. The molecule has 33 heavy (non-hydrogen) atoms. The molecule has 4 fully saturated rings. The van der Waals surface area contributed by atoms with E-state index in [1.165, 1.54) is 5.56 Å². The number of benzene rings is 1. The number of aromatic hydroxyl groups is 1. The Morgan fingerprint density at radius 3 is 2.58 bits per heavy atom. The second-order valence-corrected chi connectivity index (χ2v) is 12.6. The van der Waals surface area contributed by atoms with Gasteiger partial charge in [0.2, 0.25) is 5.91 Å². The molecule has 3 saturated carbocycles. The number of aliphatic hydroxyl groups is 1. The number of phenolic OH excluding ortho intramolecular Hbond substituents is 1. The van der Waals surface area contributed by atoms with Crippen molar-refractivity contribution in [1.29, 1.82) is 0 Å². The molecule has 180 valence electrons. The van der Waals surface area contributed by atoms with Crippen LogP contribution in [0.1, 0.15) is 71.4 Å². The molecule has 1 amide bonds. The summed E-state index contributed by atoms with van der Waals surface area (Å²) in [5, 5.41) is 23.0. The van der Waals surface area contributed by atoms with Crippen molar-refractivity contribution in [2.75, 3.05) is 13.7 Å². The summed E-state index contributed by atoms with van der Waals surface area (Å²) < 4.78 is 13.2. The van der Waals surface area contributed by atoms with Gasteiger partial charge in [0.05, 0.1) is 5.60 Å². The summed E-state index contributed by atoms with van der Waals surface area (Å²) in [6.45, 7) is 10.6. The Kier molecular flexibility index (Phi) is 3.99. The number of ether oxygens (including phenoxy) is 2. The molecule has 7 atom stereocenters. The number of likely N-dealkylation sites (tertiary alicyclic amines) is 1. The van der Waals surface area contributed by atoms with E-state index >= 15 is 0 Å². The van der Waals surface area contributed by atoms with Gasteiger partial charge >= 0.3 is 0 Å². The molecule has 7 rings (SSSR count). The molecule has 2 aliphatic heterocycles. The Balaban J connectivity index is 1.66. The highest BCUT2D eigenvalue weighted by Gasteiger charge is 2.82. The molecule has 1 saturated heterocycles. The van der Waals surface area contributed by atoms with Crippen molar-refractivity contribution in [2.24, 2.45) is 16.7 Å². The number of rotatable bonds is 2. The van der Waals surface area contributed by atoms with E-state index in [-0.39, 0.29) is 46.0 Å². The maximum Gasteiger partial charge on any atom is 0.219 e. The molecule has 4 aliphatic carbocycles. The number of fused-ring (bicyclic) bond motifs is 2. The molecule has 2 heterocycles.